The van der Waals surface area contributed by atoms with Crippen LogP contribution in [0.15, 0.2) is 54.6 Å². The Kier molecular flexibility index (Phi) is 4.39. The first-order chi connectivity index (χ1) is 13.4. The van der Waals surface area contributed by atoms with Crippen LogP contribution in [0.25, 0.3) is 16.7 Å². The highest BCUT2D eigenvalue weighted by atomic mass is 19.1. The van der Waals surface area contributed by atoms with E-state index in [2.05, 4.69) is 15.4 Å². The van der Waals surface area contributed by atoms with Gasteiger partial charge in [-0.05, 0) is 62.7 Å². The molecule has 4 aromatic rings. The number of nitrogens with zero attached hydrogens (tertiary/aromatic N) is 3. The second-order valence-corrected chi connectivity index (χ2v) is 6.75. The average molecular weight is 374 g/mol. The quantitative estimate of drug-likeness (QED) is 0.564. The maximum absolute atomic E-state index is 13.3. The third kappa shape index (κ3) is 3.13. The largest absolute Gasteiger partial charge is 0.322 e. The number of pyridine rings is 1. The van der Waals surface area contributed by atoms with Crippen molar-refractivity contribution in [2.75, 3.05) is 5.32 Å². The molecule has 0 unspecified atom stereocenters. The third-order valence-electron chi connectivity index (χ3n) is 4.65. The number of carbonyl (C=O) groups is 1. The molecule has 0 spiro atoms. The molecule has 2 aromatic carbocycles. The predicted octanol–water partition coefficient (Wildman–Crippen LogP) is 4.74. The zero-order valence-corrected chi connectivity index (χ0v) is 15.8. The molecule has 140 valence electrons. The summed E-state index contributed by atoms with van der Waals surface area (Å²) in [6.07, 6.45) is 0. The molecular formula is C22H19FN4O. The first kappa shape index (κ1) is 17.9. The molecule has 1 amide bonds. The Labute approximate surface area is 161 Å². The molecule has 2 heterocycles. The van der Waals surface area contributed by atoms with Crippen molar-refractivity contribution in [1.82, 2.24) is 14.8 Å². The Hall–Kier alpha value is -3.54. The number of aryl methyl sites for hydroxylation is 3. The fourth-order valence-corrected chi connectivity index (χ4v) is 3.26. The zero-order valence-electron chi connectivity index (χ0n) is 15.8. The van der Waals surface area contributed by atoms with Crippen molar-refractivity contribution >= 4 is 22.6 Å². The summed E-state index contributed by atoms with van der Waals surface area (Å²) in [6, 6.07) is 15.4. The van der Waals surface area contributed by atoms with Crippen LogP contribution in [0.5, 0.6) is 0 Å². The van der Waals surface area contributed by atoms with Gasteiger partial charge in [-0.3, -0.25) is 4.79 Å². The van der Waals surface area contributed by atoms with Gasteiger partial charge >= 0.3 is 0 Å². The molecule has 2 aromatic heterocycles. The van der Waals surface area contributed by atoms with Gasteiger partial charge in [-0.2, -0.15) is 5.10 Å². The van der Waals surface area contributed by atoms with Crippen molar-refractivity contribution in [3.8, 4) is 5.69 Å². The molecule has 0 aliphatic carbocycles. The van der Waals surface area contributed by atoms with E-state index in [0.717, 1.165) is 11.3 Å². The number of nitrogens with one attached hydrogen (secondary N) is 1. The van der Waals surface area contributed by atoms with Gasteiger partial charge in [-0.1, -0.05) is 18.2 Å². The molecule has 6 heteroatoms. The van der Waals surface area contributed by atoms with Crippen molar-refractivity contribution < 1.29 is 9.18 Å². The highest BCUT2D eigenvalue weighted by Crippen LogP contribution is 2.26. The van der Waals surface area contributed by atoms with E-state index in [1.54, 1.807) is 22.9 Å². The molecule has 4 rings (SSSR count). The number of rotatable bonds is 3. The maximum Gasteiger partial charge on any atom is 0.256 e. The van der Waals surface area contributed by atoms with Gasteiger partial charge in [0, 0.05) is 11.4 Å². The fourth-order valence-electron chi connectivity index (χ4n) is 3.26. The molecule has 5 nitrogen and oxygen atoms in total. The van der Waals surface area contributed by atoms with Crippen LogP contribution in [-0.2, 0) is 0 Å². The molecule has 0 aliphatic heterocycles. The second-order valence-electron chi connectivity index (χ2n) is 6.75. The van der Waals surface area contributed by atoms with Crippen molar-refractivity contribution in [3.05, 3.63) is 82.9 Å². The first-order valence-electron chi connectivity index (χ1n) is 8.94. The topological polar surface area (TPSA) is 59.8 Å². The van der Waals surface area contributed by atoms with Crippen molar-refractivity contribution in [1.29, 1.82) is 0 Å². The van der Waals surface area contributed by atoms with E-state index in [4.69, 9.17) is 0 Å². The summed E-state index contributed by atoms with van der Waals surface area (Å²) >= 11 is 0. The number of anilines is 1. The van der Waals surface area contributed by atoms with Crippen LogP contribution in [0.2, 0.25) is 0 Å². The normalized spacial score (nSPS) is 11.0. The third-order valence-corrected chi connectivity index (χ3v) is 4.65. The highest BCUT2D eigenvalue weighted by molar-refractivity contribution is 6.13. The van der Waals surface area contributed by atoms with Gasteiger partial charge in [0.05, 0.1) is 22.3 Å². The van der Waals surface area contributed by atoms with Crippen molar-refractivity contribution in [3.63, 3.8) is 0 Å². The first-order valence-corrected chi connectivity index (χ1v) is 8.94. The van der Waals surface area contributed by atoms with Crippen LogP contribution in [0.4, 0.5) is 10.1 Å². The Morgan fingerprint density at radius 1 is 1.04 bits per heavy atom. The Morgan fingerprint density at radius 3 is 2.46 bits per heavy atom. The van der Waals surface area contributed by atoms with Crippen LogP contribution in [0, 0.1) is 26.6 Å². The van der Waals surface area contributed by atoms with Crippen molar-refractivity contribution in [2.45, 2.75) is 20.8 Å². The molecule has 1 N–H and O–H groups in total. The Balaban J connectivity index is 1.85. The SMILES string of the molecule is Cc1cc(C(=O)Nc2ccccc2C)c2c(C)nn(-c3ccc(F)cc3)c2n1. The summed E-state index contributed by atoms with van der Waals surface area (Å²) in [5, 5.41) is 8.21. The molecule has 0 bridgehead atoms. The second kappa shape index (κ2) is 6.88. The fraction of sp³-hybridized carbons (Fsp3) is 0.136. The lowest BCUT2D eigenvalue weighted by Gasteiger charge is -2.10. The van der Waals surface area contributed by atoms with Gasteiger partial charge in [0.15, 0.2) is 5.65 Å². The van der Waals surface area contributed by atoms with Crippen LogP contribution < -0.4 is 5.32 Å². The van der Waals surface area contributed by atoms with Gasteiger partial charge in [-0.25, -0.2) is 14.1 Å². The number of fused-ring (bicyclic) bond motifs is 1. The van der Waals surface area contributed by atoms with E-state index < -0.39 is 0 Å². The summed E-state index contributed by atoms with van der Waals surface area (Å²) in [5.41, 5.74) is 4.89. The molecule has 0 fully saturated rings. The Morgan fingerprint density at radius 2 is 1.75 bits per heavy atom. The van der Waals surface area contributed by atoms with E-state index in [1.807, 2.05) is 45.0 Å². The van der Waals surface area contributed by atoms with Crippen LogP contribution in [-0.4, -0.2) is 20.7 Å². The van der Waals surface area contributed by atoms with Gasteiger partial charge < -0.3 is 5.32 Å². The van der Waals surface area contributed by atoms with E-state index in [0.29, 0.717) is 33.7 Å². The van der Waals surface area contributed by atoms with E-state index in [9.17, 15) is 9.18 Å². The minimum atomic E-state index is -0.320. The lowest BCUT2D eigenvalue weighted by atomic mass is 10.1. The predicted molar refractivity (Wildman–Crippen MR) is 107 cm³/mol. The minimum absolute atomic E-state index is 0.216. The van der Waals surface area contributed by atoms with Crippen LogP contribution in [0.1, 0.15) is 27.3 Å². The Bertz CT molecular complexity index is 1200. The number of para-hydroxylation sites is 1. The molecular weight excluding hydrogens is 355 g/mol. The molecule has 0 radical (unpaired) electrons. The number of carbonyl (C=O) groups excluding carboxylic acids is 1. The monoisotopic (exact) mass is 374 g/mol. The summed E-state index contributed by atoms with van der Waals surface area (Å²) in [6.45, 7) is 5.62. The smallest absolute Gasteiger partial charge is 0.256 e. The van der Waals surface area contributed by atoms with Gasteiger partial charge in [0.25, 0.3) is 5.91 Å². The lowest BCUT2D eigenvalue weighted by molar-refractivity contribution is 0.102. The summed E-state index contributed by atoms with van der Waals surface area (Å²) in [5.74, 6) is -0.536. The molecule has 0 aliphatic rings. The van der Waals surface area contributed by atoms with Gasteiger partial charge in [0.1, 0.15) is 5.82 Å². The number of benzene rings is 2. The highest BCUT2D eigenvalue weighted by Gasteiger charge is 2.20. The molecule has 0 atom stereocenters. The average Bonchev–Trinajstić information content (AvgIpc) is 3.00. The summed E-state index contributed by atoms with van der Waals surface area (Å²) in [4.78, 5) is 17.6. The van der Waals surface area contributed by atoms with Gasteiger partial charge in [-0.15, -0.1) is 0 Å². The van der Waals surface area contributed by atoms with E-state index >= 15 is 0 Å². The lowest BCUT2D eigenvalue weighted by Crippen LogP contribution is -2.14. The van der Waals surface area contributed by atoms with E-state index in [1.165, 1.54) is 12.1 Å². The zero-order chi connectivity index (χ0) is 19.8. The summed E-state index contributed by atoms with van der Waals surface area (Å²) in [7, 11) is 0. The molecule has 0 saturated heterocycles. The number of hydrogen-bond donors (Lipinski definition) is 1. The molecule has 28 heavy (non-hydrogen) atoms. The van der Waals surface area contributed by atoms with Crippen molar-refractivity contribution in [2.24, 2.45) is 0 Å². The number of aromatic nitrogens is 3. The van der Waals surface area contributed by atoms with Crippen LogP contribution >= 0.6 is 0 Å². The number of amides is 1. The standard InChI is InChI=1S/C22H19FN4O/c1-13-6-4-5-7-19(13)25-22(28)18-12-14(2)24-21-20(18)15(3)26-27(21)17-10-8-16(23)9-11-17/h4-12H,1-3H3,(H,25,28). The van der Waals surface area contributed by atoms with Gasteiger partial charge in [0.2, 0.25) is 0 Å². The van der Waals surface area contributed by atoms with Crippen LogP contribution in [0.3, 0.4) is 0 Å². The maximum atomic E-state index is 13.3. The summed E-state index contributed by atoms with van der Waals surface area (Å²) < 4.78 is 14.9. The van der Waals surface area contributed by atoms with E-state index in [-0.39, 0.29) is 11.7 Å². The minimum Gasteiger partial charge on any atom is -0.322 e. The molecule has 0 saturated carbocycles. The number of halogens is 1. The number of hydrogen-bond acceptors (Lipinski definition) is 3.